The average Bonchev–Trinajstić information content (AvgIpc) is 3.44. The van der Waals surface area contributed by atoms with Gasteiger partial charge in [0.2, 0.25) is 0 Å². The molecule has 1 heterocycles. The van der Waals surface area contributed by atoms with E-state index in [4.69, 9.17) is 14.0 Å². The van der Waals surface area contributed by atoms with E-state index in [0.29, 0.717) is 22.3 Å². The maximum Gasteiger partial charge on any atom is 0.136 e. The van der Waals surface area contributed by atoms with Crippen LogP contribution in [0.5, 0.6) is 0 Å². The topological polar surface area (TPSA) is 13.1 Å². The fraction of sp³-hybridized carbons (Fsp3) is 0. The van der Waals surface area contributed by atoms with Crippen LogP contribution in [0.3, 0.4) is 0 Å². The molecule has 37 heavy (non-hydrogen) atoms. The summed E-state index contributed by atoms with van der Waals surface area (Å²) in [7, 11) is 0. The van der Waals surface area contributed by atoms with Gasteiger partial charge in [-0.25, -0.2) is 0 Å². The highest BCUT2D eigenvalue weighted by atomic mass is 16.3. The number of hydrogen-bond acceptors (Lipinski definition) is 1. The smallest absolute Gasteiger partial charge is 0.136 e. The number of fused-ring (bicyclic) bond motifs is 7. The first kappa shape index (κ1) is 14.0. The van der Waals surface area contributed by atoms with E-state index in [-0.39, 0.29) is 57.3 Å². The standard InChI is InChI=1S/C36H22O/c1-2-8-23(9-3-1)25-15-16-27-20-26-10-4-5-11-29(26)35(32(27)21-25)28-17-14-24-18-19-34-36(31(24)22-28)30-12-6-7-13-33(30)37-34/h1-22H/i4D,5D,10D,11D,15D,16D,20D,21D. The zero-order valence-corrected chi connectivity index (χ0v) is 19.5. The van der Waals surface area contributed by atoms with E-state index in [1.807, 2.05) is 60.7 Å². The Balaban J connectivity index is 1.63. The Labute approximate surface area is 225 Å². The second-order valence-corrected chi connectivity index (χ2v) is 9.09. The number of rotatable bonds is 2. The van der Waals surface area contributed by atoms with E-state index in [9.17, 15) is 1.37 Å². The van der Waals surface area contributed by atoms with Crippen molar-refractivity contribution in [1.82, 2.24) is 0 Å². The molecule has 8 rings (SSSR count). The molecule has 172 valence electrons. The van der Waals surface area contributed by atoms with Crippen molar-refractivity contribution < 1.29 is 15.4 Å². The van der Waals surface area contributed by atoms with E-state index in [2.05, 4.69) is 0 Å². The number of benzene rings is 7. The third-order valence-electron chi connectivity index (χ3n) is 6.96. The number of para-hydroxylation sites is 1. The van der Waals surface area contributed by atoms with Gasteiger partial charge in [0.05, 0.1) is 11.0 Å². The molecule has 0 radical (unpaired) electrons. The summed E-state index contributed by atoms with van der Waals surface area (Å²) in [6.45, 7) is 0. The van der Waals surface area contributed by atoms with Crippen LogP contribution in [0, 0.1) is 0 Å². The summed E-state index contributed by atoms with van der Waals surface area (Å²) in [5, 5.41) is 3.85. The first-order valence-electron chi connectivity index (χ1n) is 16.0. The second-order valence-electron chi connectivity index (χ2n) is 9.09. The quantitative estimate of drug-likeness (QED) is 0.225. The summed E-state index contributed by atoms with van der Waals surface area (Å²) in [6, 6.07) is 23.7. The predicted octanol–water partition coefficient (Wildman–Crippen LogP) is 10.4. The van der Waals surface area contributed by atoms with Crippen LogP contribution in [0.4, 0.5) is 0 Å². The number of hydrogen-bond donors (Lipinski definition) is 0. The Morgan fingerprint density at radius 2 is 1.30 bits per heavy atom. The molecule has 0 bridgehead atoms. The Kier molecular flexibility index (Phi) is 2.96. The molecule has 1 aromatic heterocycles. The summed E-state index contributed by atoms with van der Waals surface area (Å²) in [4.78, 5) is 0. The fourth-order valence-corrected chi connectivity index (χ4v) is 5.27. The lowest BCUT2D eigenvalue weighted by atomic mass is 9.89. The fourth-order valence-electron chi connectivity index (χ4n) is 5.27. The maximum atomic E-state index is 9.48. The normalized spacial score (nSPS) is 14.8. The van der Waals surface area contributed by atoms with Gasteiger partial charge in [0, 0.05) is 10.8 Å². The molecule has 7 aromatic carbocycles. The second kappa shape index (κ2) is 7.81. The third-order valence-corrected chi connectivity index (χ3v) is 6.96. The summed E-state index contributed by atoms with van der Waals surface area (Å²) in [5.41, 5.74) is 3.10. The Morgan fingerprint density at radius 3 is 2.24 bits per heavy atom. The van der Waals surface area contributed by atoms with E-state index in [1.165, 1.54) is 0 Å². The molecule has 0 fully saturated rings. The van der Waals surface area contributed by atoms with Crippen LogP contribution >= 0.6 is 0 Å². The molecule has 0 N–H and O–H groups in total. The summed E-state index contributed by atoms with van der Waals surface area (Å²) in [5.74, 6) is 0. The van der Waals surface area contributed by atoms with Crippen molar-refractivity contribution in [3.63, 3.8) is 0 Å². The lowest BCUT2D eigenvalue weighted by Gasteiger charge is -2.14. The van der Waals surface area contributed by atoms with Crippen molar-refractivity contribution in [2.24, 2.45) is 0 Å². The third kappa shape index (κ3) is 3.11. The molecular weight excluding hydrogens is 448 g/mol. The van der Waals surface area contributed by atoms with E-state index in [0.717, 1.165) is 27.1 Å². The first-order chi connectivity index (χ1) is 21.7. The molecule has 0 aliphatic rings. The van der Waals surface area contributed by atoms with E-state index >= 15 is 0 Å². The average molecular weight is 479 g/mol. The van der Waals surface area contributed by atoms with Gasteiger partial charge < -0.3 is 4.42 Å². The molecule has 0 aliphatic heterocycles. The SMILES string of the molecule is [2H]c1c([2H])c([2H])c2c(-c3ccc4ccc5oc6ccccc6c5c4c3)c3c([2H])c(-c4ccccc4)c([2H])c([2H])c3c([2H])c2c1[2H]. The monoisotopic (exact) mass is 478 g/mol. The van der Waals surface area contributed by atoms with Gasteiger partial charge in [0.15, 0.2) is 0 Å². The highest BCUT2D eigenvalue weighted by Crippen LogP contribution is 2.41. The molecule has 0 unspecified atom stereocenters. The minimum absolute atomic E-state index is 0.00396. The summed E-state index contributed by atoms with van der Waals surface area (Å²) >= 11 is 0. The van der Waals surface area contributed by atoms with Gasteiger partial charge in [-0.15, -0.1) is 0 Å². The number of furan rings is 1. The summed E-state index contributed by atoms with van der Waals surface area (Å²) < 4.78 is 77.5. The van der Waals surface area contributed by atoms with E-state index < -0.39 is 18.1 Å². The van der Waals surface area contributed by atoms with Crippen molar-refractivity contribution in [1.29, 1.82) is 0 Å². The molecule has 1 heteroatoms. The molecule has 0 atom stereocenters. The molecule has 0 spiro atoms. The van der Waals surface area contributed by atoms with Crippen LogP contribution in [0.2, 0.25) is 0 Å². The van der Waals surface area contributed by atoms with Crippen molar-refractivity contribution in [3.05, 3.63) is 133 Å². The highest BCUT2D eigenvalue weighted by Gasteiger charge is 2.15. The van der Waals surface area contributed by atoms with Gasteiger partial charge in [-0.3, -0.25) is 0 Å². The minimum atomic E-state index is -0.485. The molecule has 0 saturated carbocycles. The van der Waals surface area contributed by atoms with Gasteiger partial charge >= 0.3 is 0 Å². The van der Waals surface area contributed by atoms with Crippen LogP contribution in [0.1, 0.15) is 11.0 Å². The predicted molar refractivity (Wildman–Crippen MR) is 157 cm³/mol. The van der Waals surface area contributed by atoms with Crippen molar-refractivity contribution >= 4 is 54.3 Å². The van der Waals surface area contributed by atoms with Gasteiger partial charge in [-0.1, -0.05) is 103 Å². The van der Waals surface area contributed by atoms with Crippen LogP contribution in [-0.4, -0.2) is 0 Å². The maximum absolute atomic E-state index is 9.48. The van der Waals surface area contributed by atoms with Crippen molar-refractivity contribution in [3.8, 4) is 22.3 Å². The van der Waals surface area contributed by atoms with Crippen LogP contribution in [0.25, 0.3) is 76.5 Å². The Morgan fingerprint density at radius 1 is 0.486 bits per heavy atom. The Hall–Kier alpha value is -4.88. The molecule has 1 nitrogen and oxygen atoms in total. The first-order valence-corrected chi connectivity index (χ1v) is 12.0. The van der Waals surface area contributed by atoms with E-state index in [1.54, 1.807) is 24.3 Å². The van der Waals surface area contributed by atoms with Crippen molar-refractivity contribution in [2.45, 2.75) is 0 Å². The molecule has 0 saturated heterocycles. The van der Waals surface area contributed by atoms with Gasteiger partial charge in [0.25, 0.3) is 0 Å². The van der Waals surface area contributed by atoms with Gasteiger partial charge in [-0.05, 0) is 84.9 Å². The molecule has 8 aromatic rings. The van der Waals surface area contributed by atoms with Gasteiger partial charge in [-0.2, -0.15) is 0 Å². The molecule has 0 amide bonds. The zero-order chi connectivity index (χ0) is 31.3. The largest absolute Gasteiger partial charge is 0.456 e. The summed E-state index contributed by atoms with van der Waals surface area (Å²) in [6.07, 6.45) is 0. The van der Waals surface area contributed by atoms with Crippen LogP contribution < -0.4 is 0 Å². The van der Waals surface area contributed by atoms with Crippen LogP contribution in [-0.2, 0) is 0 Å². The highest BCUT2D eigenvalue weighted by molar-refractivity contribution is 6.21. The molecule has 0 aliphatic carbocycles. The lowest BCUT2D eigenvalue weighted by Crippen LogP contribution is -1.88. The minimum Gasteiger partial charge on any atom is -0.456 e. The van der Waals surface area contributed by atoms with Crippen molar-refractivity contribution in [2.75, 3.05) is 0 Å². The zero-order valence-electron chi connectivity index (χ0n) is 27.5. The lowest BCUT2D eigenvalue weighted by molar-refractivity contribution is 0.669. The molecular formula is C36H22O. The Bertz CT molecular complexity index is 2570. The van der Waals surface area contributed by atoms with Gasteiger partial charge in [0.1, 0.15) is 11.2 Å². The van der Waals surface area contributed by atoms with Crippen LogP contribution in [0.15, 0.2) is 138 Å².